The van der Waals surface area contributed by atoms with E-state index in [2.05, 4.69) is 10.3 Å². The number of nitrogens with zero attached hydrogens (tertiary/aromatic N) is 2. The van der Waals surface area contributed by atoms with Crippen LogP contribution in [0, 0.1) is 18.7 Å². The van der Waals surface area contributed by atoms with Crippen LogP contribution in [0.2, 0.25) is 0 Å². The molecule has 1 unspecified atom stereocenters. The second-order valence-electron chi connectivity index (χ2n) is 6.55. The molecule has 1 atom stereocenters. The van der Waals surface area contributed by atoms with Gasteiger partial charge in [-0.3, -0.25) is 9.59 Å². The van der Waals surface area contributed by atoms with Gasteiger partial charge in [-0.25, -0.2) is 9.37 Å². The Morgan fingerprint density at radius 3 is 2.85 bits per heavy atom. The van der Waals surface area contributed by atoms with Crippen molar-refractivity contribution in [2.24, 2.45) is 5.92 Å². The molecule has 1 aromatic carbocycles. The van der Waals surface area contributed by atoms with Crippen LogP contribution in [0.3, 0.4) is 0 Å². The molecule has 27 heavy (non-hydrogen) atoms. The number of likely N-dealkylation sites (tertiary alicyclic amines) is 1. The van der Waals surface area contributed by atoms with E-state index in [0.29, 0.717) is 23.8 Å². The molecule has 2 heterocycles. The summed E-state index contributed by atoms with van der Waals surface area (Å²) in [5, 5.41) is 2.83. The van der Waals surface area contributed by atoms with E-state index in [-0.39, 0.29) is 29.3 Å². The lowest BCUT2D eigenvalue weighted by Gasteiger charge is -2.32. The Morgan fingerprint density at radius 2 is 2.07 bits per heavy atom. The van der Waals surface area contributed by atoms with Crippen LogP contribution in [0.15, 0.2) is 47.4 Å². The second-order valence-corrected chi connectivity index (χ2v) is 7.57. The number of piperidine rings is 1. The molecule has 1 saturated heterocycles. The minimum atomic E-state index is -0.322. The normalized spacial score (nSPS) is 16.8. The Morgan fingerprint density at radius 1 is 1.26 bits per heavy atom. The number of pyridine rings is 1. The number of rotatable bonds is 5. The number of aryl methyl sites for hydroxylation is 1. The highest BCUT2D eigenvalue weighted by molar-refractivity contribution is 8.00. The molecule has 3 rings (SSSR count). The van der Waals surface area contributed by atoms with Gasteiger partial charge in [0.2, 0.25) is 11.8 Å². The summed E-state index contributed by atoms with van der Waals surface area (Å²) in [6.45, 7) is 2.88. The molecule has 1 aliphatic heterocycles. The summed E-state index contributed by atoms with van der Waals surface area (Å²) in [5.41, 5.74) is 0.832. The number of thioether (sulfide) groups is 1. The van der Waals surface area contributed by atoms with Crippen LogP contribution in [0.4, 0.5) is 10.2 Å². The van der Waals surface area contributed by atoms with Crippen molar-refractivity contribution in [1.29, 1.82) is 0 Å². The van der Waals surface area contributed by atoms with Gasteiger partial charge in [0, 0.05) is 23.7 Å². The molecule has 5 nitrogen and oxygen atoms in total. The van der Waals surface area contributed by atoms with Crippen LogP contribution in [0.25, 0.3) is 0 Å². The van der Waals surface area contributed by atoms with Crippen molar-refractivity contribution < 1.29 is 14.0 Å². The minimum Gasteiger partial charge on any atom is -0.341 e. The molecule has 142 valence electrons. The van der Waals surface area contributed by atoms with Gasteiger partial charge >= 0.3 is 0 Å². The van der Waals surface area contributed by atoms with Crippen LogP contribution in [0.5, 0.6) is 0 Å². The van der Waals surface area contributed by atoms with E-state index in [9.17, 15) is 14.0 Å². The molecule has 0 spiro atoms. The summed E-state index contributed by atoms with van der Waals surface area (Å²) in [6.07, 6.45) is 1.51. The maximum absolute atomic E-state index is 13.7. The smallest absolute Gasteiger partial charge is 0.232 e. The van der Waals surface area contributed by atoms with Crippen LogP contribution in [-0.2, 0) is 9.59 Å². The van der Waals surface area contributed by atoms with Crippen molar-refractivity contribution >= 4 is 29.4 Å². The molecule has 7 heteroatoms. The number of nitrogens with one attached hydrogen (secondary N) is 1. The van der Waals surface area contributed by atoms with Gasteiger partial charge in [0.15, 0.2) is 0 Å². The molecule has 1 aliphatic rings. The standard InChI is InChI=1S/C20H22FN3O2S/c1-14-6-4-10-18(22-14)23-20(26)15-7-5-11-24(12-15)19(25)13-27-17-9-3-2-8-16(17)21/h2-4,6,8-10,15H,5,7,11-13H2,1H3,(H,22,23,26). The van der Waals surface area contributed by atoms with E-state index in [1.807, 2.05) is 19.1 Å². The third kappa shape index (κ3) is 5.29. The first-order valence-electron chi connectivity index (χ1n) is 8.92. The fraction of sp³-hybridized carbons (Fsp3) is 0.350. The molecule has 1 aromatic heterocycles. The van der Waals surface area contributed by atoms with Gasteiger partial charge in [0.1, 0.15) is 11.6 Å². The number of benzene rings is 1. The van der Waals surface area contributed by atoms with E-state index >= 15 is 0 Å². The Balaban J connectivity index is 1.54. The third-order valence-electron chi connectivity index (χ3n) is 4.47. The van der Waals surface area contributed by atoms with Gasteiger partial charge in [-0.05, 0) is 44.0 Å². The van der Waals surface area contributed by atoms with Crippen molar-refractivity contribution in [2.75, 3.05) is 24.2 Å². The number of aromatic nitrogens is 1. The Bertz CT molecular complexity index is 830. The Kier molecular flexibility index (Phi) is 6.45. The van der Waals surface area contributed by atoms with E-state index in [0.717, 1.165) is 18.5 Å². The maximum Gasteiger partial charge on any atom is 0.232 e. The number of hydrogen-bond donors (Lipinski definition) is 1. The summed E-state index contributed by atoms with van der Waals surface area (Å²) >= 11 is 1.19. The molecule has 0 aliphatic carbocycles. The molecule has 2 aromatic rings. The van der Waals surface area contributed by atoms with Crippen molar-refractivity contribution in [1.82, 2.24) is 9.88 Å². The predicted molar refractivity (Wildman–Crippen MR) is 104 cm³/mol. The highest BCUT2D eigenvalue weighted by Crippen LogP contribution is 2.23. The summed E-state index contributed by atoms with van der Waals surface area (Å²) < 4.78 is 13.7. The highest BCUT2D eigenvalue weighted by Gasteiger charge is 2.28. The number of carbonyl (C=O) groups excluding carboxylic acids is 2. The first-order valence-corrected chi connectivity index (χ1v) is 9.91. The Hall–Kier alpha value is -2.41. The second kappa shape index (κ2) is 8.99. The van der Waals surface area contributed by atoms with Crippen molar-refractivity contribution in [2.45, 2.75) is 24.7 Å². The molecular formula is C20H22FN3O2S. The molecule has 1 N–H and O–H groups in total. The average molecular weight is 387 g/mol. The number of halogens is 1. The minimum absolute atomic E-state index is 0.0746. The lowest BCUT2D eigenvalue weighted by molar-refractivity contribution is -0.132. The average Bonchev–Trinajstić information content (AvgIpc) is 2.67. The summed E-state index contributed by atoms with van der Waals surface area (Å²) in [6, 6.07) is 11.9. The van der Waals surface area contributed by atoms with Gasteiger partial charge in [-0.15, -0.1) is 11.8 Å². The fourth-order valence-corrected chi connectivity index (χ4v) is 3.89. The van der Waals surface area contributed by atoms with Crippen LogP contribution in [0.1, 0.15) is 18.5 Å². The fourth-order valence-electron chi connectivity index (χ4n) is 3.05. The molecule has 0 saturated carbocycles. The van der Waals surface area contributed by atoms with Gasteiger partial charge in [0.05, 0.1) is 11.7 Å². The van der Waals surface area contributed by atoms with E-state index in [4.69, 9.17) is 0 Å². The molecule has 2 amide bonds. The summed E-state index contributed by atoms with van der Waals surface area (Å²) in [7, 11) is 0. The molecular weight excluding hydrogens is 365 g/mol. The predicted octanol–water partition coefficient (Wildman–Crippen LogP) is 3.50. The zero-order valence-electron chi connectivity index (χ0n) is 15.2. The quantitative estimate of drug-likeness (QED) is 0.798. The lowest BCUT2D eigenvalue weighted by Crippen LogP contribution is -2.44. The molecule has 1 fully saturated rings. The van der Waals surface area contributed by atoms with E-state index < -0.39 is 0 Å². The molecule has 0 bridgehead atoms. The van der Waals surface area contributed by atoms with Gasteiger partial charge in [-0.2, -0.15) is 0 Å². The van der Waals surface area contributed by atoms with Gasteiger partial charge in [0.25, 0.3) is 0 Å². The molecule has 0 radical (unpaired) electrons. The SMILES string of the molecule is Cc1cccc(NC(=O)C2CCCN(C(=O)CSc3ccccc3F)C2)n1. The Labute approximate surface area is 162 Å². The van der Waals surface area contributed by atoms with Crippen molar-refractivity contribution in [3.05, 3.63) is 54.0 Å². The zero-order chi connectivity index (χ0) is 19.2. The van der Waals surface area contributed by atoms with Crippen LogP contribution < -0.4 is 5.32 Å². The topological polar surface area (TPSA) is 62.3 Å². The van der Waals surface area contributed by atoms with Crippen molar-refractivity contribution in [3.8, 4) is 0 Å². The first kappa shape index (κ1) is 19.4. The number of amides is 2. The van der Waals surface area contributed by atoms with Gasteiger partial charge < -0.3 is 10.2 Å². The summed E-state index contributed by atoms with van der Waals surface area (Å²) in [4.78, 5) is 31.5. The number of anilines is 1. The highest BCUT2D eigenvalue weighted by atomic mass is 32.2. The zero-order valence-corrected chi connectivity index (χ0v) is 16.0. The van der Waals surface area contributed by atoms with Crippen molar-refractivity contribution in [3.63, 3.8) is 0 Å². The number of carbonyl (C=O) groups is 2. The first-order chi connectivity index (χ1) is 13.0. The largest absolute Gasteiger partial charge is 0.341 e. The monoisotopic (exact) mass is 387 g/mol. The third-order valence-corrected chi connectivity index (χ3v) is 5.51. The van der Waals surface area contributed by atoms with E-state index in [1.165, 1.54) is 17.8 Å². The number of hydrogen-bond acceptors (Lipinski definition) is 4. The lowest BCUT2D eigenvalue weighted by atomic mass is 9.97. The van der Waals surface area contributed by atoms with Crippen LogP contribution in [-0.4, -0.2) is 40.5 Å². The summed E-state index contributed by atoms with van der Waals surface area (Å²) in [5.74, 6) is -0.0880. The van der Waals surface area contributed by atoms with Gasteiger partial charge in [-0.1, -0.05) is 18.2 Å². The maximum atomic E-state index is 13.7. The van der Waals surface area contributed by atoms with E-state index in [1.54, 1.807) is 29.2 Å². The van der Waals surface area contributed by atoms with Crippen LogP contribution >= 0.6 is 11.8 Å².